The molecule has 1 aromatic carbocycles. The van der Waals surface area contributed by atoms with E-state index in [9.17, 15) is 20.0 Å². The molecule has 0 aliphatic carbocycles. The second-order valence-electron chi connectivity index (χ2n) is 5.52. The van der Waals surface area contributed by atoms with Gasteiger partial charge in [-0.2, -0.15) is 5.26 Å². The van der Waals surface area contributed by atoms with Crippen molar-refractivity contribution in [3.05, 3.63) is 39.5 Å². The van der Waals surface area contributed by atoms with E-state index in [1.165, 1.54) is 0 Å². The maximum absolute atomic E-state index is 11.8. The highest BCUT2D eigenvalue weighted by Gasteiger charge is 2.31. The van der Waals surface area contributed by atoms with Gasteiger partial charge in [0.1, 0.15) is 17.9 Å². The van der Waals surface area contributed by atoms with Crippen LogP contribution in [0.1, 0.15) is 52.4 Å². The quantitative estimate of drug-likeness (QED) is 0.638. The van der Waals surface area contributed by atoms with Crippen molar-refractivity contribution in [1.29, 1.82) is 5.26 Å². The molecule has 23 heavy (non-hydrogen) atoms. The molecule has 0 fully saturated rings. The number of esters is 1. The molecular weight excluding hydrogens is 298 g/mol. The van der Waals surface area contributed by atoms with Gasteiger partial charge >= 0.3 is 11.9 Å². The van der Waals surface area contributed by atoms with Gasteiger partial charge in [0.15, 0.2) is 0 Å². The Bertz CT molecular complexity index is 755. The number of nitriles is 1. The smallest absolute Gasteiger partial charge is 0.342 e. The van der Waals surface area contributed by atoms with E-state index in [0.29, 0.717) is 28.7 Å². The van der Waals surface area contributed by atoms with E-state index in [4.69, 9.17) is 9.84 Å². The maximum Gasteiger partial charge on any atom is 0.342 e. The van der Waals surface area contributed by atoms with Crippen LogP contribution >= 0.6 is 0 Å². The maximum atomic E-state index is 11.8. The van der Waals surface area contributed by atoms with E-state index in [2.05, 4.69) is 6.07 Å². The lowest BCUT2D eigenvalue weighted by molar-refractivity contribution is -0.136. The number of ether oxygens (including phenoxy) is 1. The third-order valence-electron chi connectivity index (χ3n) is 4.01. The van der Waals surface area contributed by atoms with Crippen LogP contribution in [0.5, 0.6) is 5.75 Å². The van der Waals surface area contributed by atoms with E-state index in [0.717, 1.165) is 5.57 Å². The topological polar surface area (TPSA) is 108 Å². The molecule has 120 valence electrons. The van der Waals surface area contributed by atoms with Gasteiger partial charge in [-0.3, -0.25) is 4.79 Å². The predicted molar refractivity (Wildman–Crippen MR) is 81.0 cm³/mol. The third-order valence-corrected chi connectivity index (χ3v) is 4.01. The summed E-state index contributed by atoms with van der Waals surface area (Å²) in [7, 11) is 0. The number of allylic oxidation sites excluding steroid dienone is 2. The number of benzene rings is 1. The van der Waals surface area contributed by atoms with Crippen molar-refractivity contribution in [2.45, 2.75) is 39.7 Å². The molecule has 0 spiro atoms. The van der Waals surface area contributed by atoms with Crippen LogP contribution in [0, 0.1) is 18.3 Å². The number of carbonyl (C=O) groups is 2. The minimum Gasteiger partial charge on any atom is -0.507 e. The number of aliphatic carboxylic acids is 1. The van der Waals surface area contributed by atoms with Crippen LogP contribution in [0.2, 0.25) is 0 Å². The van der Waals surface area contributed by atoms with Gasteiger partial charge in [0.05, 0.1) is 11.6 Å². The molecule has 1 aliphatic heterocycles. The lowest BCUT2D eigenvalue weighted by atomic mass is 9.91. The molecule has 0 unspecified atom stereocenters. The average Bonchev–Trinajstić information content (AvgIpc) is 2.89. The van der Waals surface area contributed by atoms with Crippen LogP contribution in [0.25, 0.3) is 0 Å². The summed E-state index contributed by atoms with van der Waals surface area (Å²) in [6.45, 7) is 3.58. The summed E-state index contributed by atoms with van der Waals surface area (Å²) in [5.41, 5.74) is 2.88. The summed E-state index contributed by atoms with van der Waals surface area (Å²) in [4.78, 5) is 22.3. The summed E-state index contributed by atoms with van der Waals surface area (Å²) in [5.74, 6) is -1.68. The number of phenols is 1. The summed E-state index contributed by atoms with van der Waals surface area (Å²) in [5, 5.41) is 28.4. The number of carboxylic acids is 1. The van der Waals surface area contributed by atoms with Crippen molar-refractivity contribution in [2.24, 2.45) is 0 Å². The SMILES string of the molecule is C/C(=C\Cc1c(O)c2c(c(C)c1C#N)COC2=O)CCC(=O)O. The highest BCUT2D eigenvalue weighted by molar-refractivity contribution is 5.97. The van der Waals surface area contributed by atoms with Crippen LogP contribution in [0.3, 0.4) is 0 Å². The molecule has 0 radical (unpaired) electrons. The number of hydrogen-bond donors (Lipinski definition) is 2. The fourth-order valence-corrected chi connectivity index (χ4v) is 2.62. The molecular formula is C17H17NO5. The Hall–Kier alpha value is -2.81. The van der Waals surface area contributed by atoms with Crippen LogP contribution in [-0.2, 0) is 22.6 Å². The molecule has 1 heterocycles. The fourth-order valence-electron chi connectivity index (χ4n) is 2.62. The lowest BCUT2D eigenvalue weighted by Gasteiger charge is -2.12. The zero-order valence-electron chi connectivity index (χ0n) is 13.0. The third kappa shape index (κ3) is 3.19. The minimum atomic E-state index is -0.880. The monoisotopic (exact) mass is 315 g/mol. The van der Waals surface area contributed by atoms with Crippen LogP contribution < -0.4 is 0 Å². The summed E-state index contributed by atoms with van der Waals surface area (Å²) in [6.07, 6.45) is 2.44. The zero-order chi connectivity index (χ0) is 17.1. The van der Waals surface area contributed by atoms with Crippen molar-refractivity contribution in [2.75, 3.05) is 0 Å². The van der Waals surface area contributed by atoms with Crippen molar-refractivity contribution in [3.8, 4) is 11.8 Å². The molecule has 6 heteroatoms. The molecule has 0 atom stereocenters. The first-order valence-electron chi connectivity index (χ1n) is 7.18. The minimum absolute atomic E-state index is 0.0228. The Morgan fingerprint density at radius 2 is 2.13 bits per heavy atom. The molecule has 0 amide bonds. The van der Waals surface area contributed by atoms with Gasteiger partial charge in [-0.25, -0.2) is 4.79 Å². The summed E-state index contributed by atoms with van der Waals surface area (Å²) >= 11 is 0. The van der Waals surface area contributed by atoms with Crippen molar-refractivity contribution in [3.63, 3.8) is 0 Å². The number of nitrogens with zero attached hydrogens (tertiary/aromatic N) is 1. The average molecular weight is 315 g/mol. The van der Waals surface area contributed by atoms with Gasteiger partial charge in [0.2, 0.25) is 0 Å². The second-order valence-corrected chi connectivity index (χ2v) is 5.52. The fraction of sp³-hybridized carbons (Fsp3) is 0.353. The van der Waals surface area contributed by atoms with E-state index in [-0.39, 0.29) is 30.8 Å². The first-order chi connectivity index (χ1) is 10.9. The summed E-state index contributed by atoms with van der Waals surface area (Å²) in [6, 6.07) is 2.07. The number of carboxylic acid groups (broad SMARTS) is 1. The van der Waals surface area contributed by atoms with Gasteiger partial charge in [0, 0.05) is 17.5 Å². The van der Waals surface area contributed by atoms with Crippen LogP contribution in [0.4, 0.5) is 0 Å². The van der Waals surface area contributed by atoms with Crippen molar-refractivity contribution >= 4 is 11.9 Å². The molecule has 6 nitrogen and oxygen atoms in total. The lowest BCUT2D eigenvalue weighted by Crippen LogP contribution is -2.03. The van der Waals surface area contributed by atoms with Gasteiger partial charge in [-0.15, -0.1) is 0 Å². The van der Waals surface area contributed by atoms with Gasteiger partial charge in [-0.05, 0) is 32.3 Å². The highest BCUT2D eigenvalue weighted by atomic mass is 16.5. The number of aromatic hydroxyl groups is 1. The standard InChI is InChI=1S/C17H17NO5/c1-9(4-6-14(19)20)3-5-11-12(7-18)10(2)13-8-23-17(22)15(13)16(11)21/h3,21H,4-6,8H2,1-2H3,(H,19,20)/b9-3+. The molecule has 1 aliphatic rings. The number of cyclic esters (lactones) is 1. The van der Waals surface area contributed by atoms with Gasteiger partial charge in [-0.1, -0.05) is 11.6 Å². The van der Waals surface area contributed by atoms with Gasteiger partial charge < -0.3 is 14.9 Å². The molecule has 0 aromatic heterocycles. The Morgan fingerprint density at radius 1 is 1.43 bits per heavy atom. The Balaban J connectivity index is 2.39. The van der Waals surface area contributed by atoms with Gasteiger partial charge in [0.25, 0.3) is 0 Å². The molecule has 2 rings (SSSR count). The summed E-state index contributed by atoms with van der Waals surface area (Å²) < 4.78 is 4.94. The van der Waals surface area contributed by atoms with Crippen molar-refractivity contribution in [1.82, 2.24) is 0 Å². The van der Waals surface area contributed by atoms with E-state index in [1.54, 1.807) is 19.9 Å². The first kappa shape index (κ1) is 16.6. The molecule has 1 aromatic rings. The van der Waals surface area contributed by atoms with E-state index < -0.39 is 11.9 Å². The van der Waals surface area contributed by atoms with Crippen LogP contribution in [0.15, 0.2) is 11.6 Å². The zero-order valence-corrected chi connectivity index (χ0v) is 13.0. The second kappa shape index (κ2) is 6.53. The normalized spacial score (nSPS) is 13.4. The molecule has 0 saturated heterocycles. The van der Waals surface area contributed by atoms with Crippen molar-refractivity contribution < 1.29 is 24.5 Å². The molecule has 2 N–H and O–H groups in total. The highest BCUT2D eigenvalue weighted by Crippen LogP contribution is 2.37. The molecule has 0 saturated carbocycles. The number of fused-ring (bicyclic) bond motifs is 1. The van der Waals surface area contributed by atoms with Crippen LogP contribution in [-0.4, -0.2) is 22.2 Å². The Labute approximate surface area is 133 Å². The molecule has 0 bridgehead atoms. The largest absolute Gasteiger partial charge is 0.507 e. The number of rotatable bonds is 5. The number of carbonyl (C=O) groups excluding carboxylic acids is 1. The van der Waals surface area contributed by atoms with E-state index in [1.807, 2.05) is 0 Å². The number of phenolic OH excluding ortho intramolecular Hbond substituents is 1. The van der Waals surface area contributed by atoms with E-state index >= 15 is 0 Å². The Morgan fingerprint density at radius 3 is 2.74 bits per heavy atom. The number of hydrogen-bond acceptors (Lipinski definition) is 5. The Kier molecular flexibility index (Phi) is 4.70. The first-order valence-corrected chi connectivity index (χ1v) is 7.18. The predicted octanol–water partition coefficient (Wildman–Crippen LogP) is 2.60.